The normalized spacial score (nSPS) is 17.4. The molecule has 0 aromatic carbocycles. The molecule has 0 atom stereocenters. The van der Waals surface area contributed by atoms with E-state index in [0.717, 1.165) is 25.7 Å². The van der Waals surface area contributed by atoms with Gasteiger partial charge in [0.1, 0.15) is 0 Å². The minimum absolute atomic E-state index is 0.0862. The first-order valence-corrected chi connectivity index (χ1v) is 4.70. The fourth-order valence-electron chi connectivity index (χ4n) is 1.99. The molecule has 0 spiro atoms. The van der Waals surface area contributed by atoms with Crippen LogP contribution in [-0.2, 0) is 0 Å². The van der Waals surface area contributed by atoms with Crippen molar-refractivity contribution in [3.05, 3.63) is 11.9 Å². The van der Waals surface area contributed by atoms with Gasteiger partial charge < -0.3 is 10.2 Å². The summed E-state index contributed by atoms with van der Waals surface area (Å²) in [6.45, 7) is 0. The number of carboxylic acids is 1. The smallest absolute Gasteiger partial charge is 0.358 e. The van der Waals surface area contributed by atoms with Crippen LogP contribution in [0.3, 0.4) is 0 Å². The molecule has 2 rings (SSSR count). The number of aromatic hydroxyl groups is 1. The summed E-state index contributed by atoms with van der Waals surface area (Å²) in [6.07, 6.45) is 5.29. The van der Waals surface area contributed by atoms with E-state index < -0.39 is 5.97 Å². The Morgan fingerprint density at radius 1 is 1.50 bits per heavy atom. The summed E-state index contributed by atoms with van der Waals surface area (Å²) in [6, 6.07) is 0.141. The molecule has 1 aliphatic carbocycles. The zero-order chi connectivity index (χ0) is 10.1. The summed E-state index contributed by atoms with van der Waals surface area (Å²) >= 11 is 0. The van der Waals surface area contributed by atoms with Crippen molar-refractivity contribution in [1.29, 1.82) is 0 Å². The van der Waals surface area contributed by atoms with Crippen LogP contribution >= 0.6 is 0 Å². The van der Waals surface area contributed by atoms with Crippen LogP contribution in [0.2, 0.25) is 0 Å². The van der Waals surface area contributed by atoms with E-state index in [-0.39, 0.29) is 17.5 Å². The van der Waals surface area contributed by atoms with Gasteiger partial charge in [0.2, 0.25) is 0 Å². The second-order valence-electron chi connectivity index (χ2n) is 3.57. The summed E-state index contributed by atoms with van der Waals surface area (Å²) in [5.74, 6) is -1.36. The molecular weight excluding hydrogens is 184 g/mol. The molecule has 1 aromatic heterocycles. The lowest BCUT2D eigenvalue weighted by Gasteiger charge is -2.11. The Morgan fingerprint density at radius 2 is 2.14 bits per heavy atom. The Hall–Kier alpha value is -1.52. The summed E-state index contributed by atoms with van der Waals surface area (Å²) in [7, 11) is 0. The van der Waals surface area contributed by atoms with E-state index in [1.807, 2.05) is 0 Å². The molecule has 1 aliphatic rings. The summed E-state index contributed by atoms with van der Waals surface area (Å²) in [5, 5.41) is 22.1. The zero-order valence-electron chi connectivity index (χ0n) is 7.68. The van der Waals surface area contributed by atoms with Crippen molar-refractivity contribution >= 4 is 5.97 Å². The van der Waals surface area contributed by atoms with Crippen molar-refractivity contribution < 1.29 is 15.0 Å². The van der Waals surface area contributed by atoms with Crippen LogP contribution in [0.5, 0.6) is 5.75 Å². The second-order valence-corrected chi connectivity index (χ2v) is 3.57. The molecule has 5 heteroatoms. The van der Waals surface area contributed by atoms with Crippen LogP contribution in [0.15, 0.2) is 6.20 Å². The number of nitrogens with zero attached hydrogens (tertiary/aromatic N) is 2. The predicted octanol–water partition coefficient (Wildman–Crippen LogP) is 1.40. The first kappa shape index (κ1) is 9.05. The Labute approximate surface area is 81.0 Å². The predicted molar refractivity (Wildman–Crippen MR) is 48.4 cm³/mol. The average Bonchev–Trinajstić information content (AvgIpc) is 2.70. The highest BCUT2D eigenvalue weighted by atomic mass is 16.4. The van der Waals surface area contributed by atoms with Crippen molar-refractivity contribution in [3.8, 4) is 5.75 Å². The molecule has 1 aromatic rings. The maximum Gasteiger partial charge on any atom is 0.358 e. The lowest BCUT2D eigenvalue weighted by atomic mass is 10.2. The van der Waals surface area contributed by atoms with Crippen molar-refractivity contribution in [2.75, 3.05) is 0 Å². The standard InChI is InChI=1S/C9H12N2O3/c12-7-5-10-11(8(7)9(13)14)6-3-1-2-4-6/h5-6,12H,1-4H2,(H,13,14). The summed E-state index contributed by atoms with van der Waals surface area (Å²) in [4.78, 5) is 10.8. The SMILES string of the molecule is O=C(O)c1c(O)cnn1C1CCCC1. The van der Waals surface area contributed by atoms with Gasteiger partial charge in [0, 0.05) is 0 Å². The van der Waals surface area contributed by atoms with Crippen molar-refractivity contribution in [2.24, 2.45) is 0 Å². The number of rotatable bonds is 2. The lowest BCUT2D eigenvalue weighted by molar-refractivity contribution is 0.0676. The van der Waals surface area contributed by atoms with Crippen LogP contribution in [0.25, 0.3) is 0 Å². The molecule has 0 unspecified atom stereocenters. The van der Waals surface area contributed by atoms with Crippen LogP contribution in [0, 0.1) is 0 Å². The fraction of sp³-hybridized carbons (Fsp3) is 0.556. The molecule has 76 valence electrons. The van der Waals surface area contributed by atoms with Crippen LogP contribution in [0.4, 0.5) is 0 Å². The van der Waals surface area contributed by atoms with Crippen LogP contribution in [0.1, 0.15) is 42.2 Å². The Balaban J connectivity index is 2.37. The van der Waals surface area contributed by atoms with Gasteiger partial charge in [-0.15, -0.1) is 0 Å². The van der Waals surface area contributed by atoms with Crippen LogP contribution in [-0.4, -0.2) is 26.0 Å². The van der Waals surface area contributed by atoms with Gasteiger partial charge in [-0.2, -0.15) is 5.10 Å². The Morgan fingerprint density at radius 3 is 2.71 bits per heavy atom. The van der Waals surface area contributed by atoms with E-state index in [1.54, 1.807) is 0 Å². The molecule has 1 fully saturated rings. The molecule has 0 bridgehead atoms. The minimum atomic E-state index is -1.12. The third-order valence-electron chi connectivity index (χ3n) is 2.65. The Bertz CT molecular complexity index is 353. The summed E-state index contributed by atoms with van der Waals surface area (Å²) in [5.41, 5.74) is -0.0862. The average molecular weight is 196 g/mol. The van der Waals surface area contributed by atoms with Crippen LogP contribution < -0.4 is 0 Å². The molecule has 5 nitrogen and oxygen atoms in total. The molecule has 0 saturated heterocycles. The second kappa shape index (κ2) is 3.32. The number of hydrogen-bond acceptors (Lipinski definition) is 3. The van der Waals surface area contributed by atoms with E-state index >= 15 is 0 Å². The number of hydrogen-bond donors (Lipinski definition) is 2. The minimum Gasteiger partial charge on any atom is -0.504 e. The van der Waals surface area contributed by atoms with Gasteiger partial charge >= 0.3 is 5.97 Å². The van der Waals surface area contributed by atoms with Gasteiger partial charge in [0.15, 0.2) is 11.4 Å². The topological polar surface area (TPSA) is 75.3 Å². The van der Waals surface area contributed by atoms with Gasteiger partial charge in [0.05, 0.1) is 12.2 Å². The number of aromatic nitrogens is 2. The third-order valence-corrected chi connectivity index (χ3v) is 2.65. The maximum absolute atomic E-state index is 10.8. The molecular formula is C9H12N2O3. The highest BCUT2D eigenvalue weighted by Gasteiger charge is 2.25. The monoisotopic (exact) mass is 196 g/mol. The first-order valence-electron chi connectivity index (χ1n) is 4.70. The third kappa shape index (κ3) is 1.34. The largest absolute Gasteiger partial charge is 0.504 e. The fourth-order valence-corrected chi connectivity index (χ4v) is 1.99. The molecule has 14 heavy (non-hydrogen) atoms. The Kier molecular flexibility index (Phi) is 2.15. The zero-order valence-corrected chi connectivity index (χ0v) is 7.68. The molecule has 0 amide bonds. The maximum atomic E-state index is 10.8. The highest BCUT2D eigenvalue weighted by molar-refractivity contribution is 5.88. The molecule has 2 N–H and O–H groups in total. The van der Waals surface area contributed by atoms with E-state index in [9.17, 15) is 9.90 Å². The van der Waals surface area contributed by atoms with E-state index in [2.05, 4.69) is 5.10 Å². The highest BCUT2D eigenvalue weighted by Crippen LogP contribution is 2.32. The number of carbonyl (C=O) groups is 1. The molecule has 0 aliphatic heterocycles. The van der Waals surface area contributed by atoms with Gasteiger partial charge in [-0.05, 0) is 12.8 Å². The summed E-state index contributed by atoms with van der Waals surface area (Å²) < 4.78 is 1.44. The van der Waals surface area contributed by atoms with E-state index in [1.165, 1.54) is 10.9 Å². The van der Waals surface area contributed by atoms with E-state index in [4.69, 9.17) is 5.11 Å². The van der Waals surface area contributed by atoms with Gasteiger partial charge in [0.25, 0.3) is 0 Å². The van der Waals surface area contributed by atoms with Crippen molar-refractivity contribution in [3.63, 3.8) is 0 Å². The molecule has 0 radical (unpaired) electrons. The van der Waals surface area contributed by atoms with Gasteiger partial charge in [-0.1, -0.05) is 12.8 Å². The van der Waals surface area contributed by atoms with Gasteiger partial charge in [-0.3, -0.25) is 4.68 Å². The number of carboxylic acid groups (broad SMARTS) is 1. The van der Waals surface area contributed by atoms with Gasteiger partial charge in [-0.25, -0.2) is 4.79 Å². The van der Waals surface area contributed by atoms with Crippen molar-refractivity contribution in [2.45, 2.75) is 31.7 Å². The molecule has 1 heterocycles. The van der Waals surface area contributed by atoms with Crippen molar-refractivity contribution in [1.82, 2.24) is 9.78 Å². The quantitative estimate of drug-likeness (QED) is 0.749. The van der Waals surface area contributed by atoms with E-state index in [0.29, 0.717) is 0 Å². The molecule has 1 saturated carbocycles. The number of aromatic carboxylic acids is 1. The lowest BCUT2D eigenvalue weighted by Crippen LogP contribution is -2.14. The first-order chi connectivity index (χ1) is 6.70.